The molecule has 0 aliphatic rings. The number of halogens is 1. The quantitative estimate of drug-likeness (QED) is 0.805. The Morgan fingerprint density at radius 1 is 1.38 bits per heavy atom. The molecule has 1 unspecified atom stereocenters. The highest BCUT2D eigenvalue weighted by Gasteiger charge is 2.12. The van der Waals surface area contributed by atoms with Crippen molar-refractivity contribution in [1.29, 1.82) is 0 Å². The number of carbonyl (C=O) groups is 1. The largest absolute Gasteiger partial charge is 0.352 e. The molecule has 0 aliphatic heterocycles. The average molecular weight is 240 g/mol. The Morgan fingerprint density at radius 3 is 2.44 bits per heavy atom. The van der Waals surface area contributed by atoms with Gasteiger partial charge in [-0.1, -0.05) is 25.1 Å². The van der Waals surface area contributed by atoms with E-state index in [1.54, 1.807) is 0 Å². The molecule has 0 bridgehead atoms. The van der Waals surface area contributed by atoms with Gasteiger partial charge in [-0.15, -0.1) is 11.6 Å². The maximum absolute atomic E-state index is 12.0. The third kappa shape index (κ3) is 3.24. The fraction of sp³-hybridized carbons (Fsp3) is 0.462. The number of hydrogen-bond acceptors (Lipinski definition) is 1. The lowest BCUT2D eigenvalue weighted by Gasteiger charge is -2.12. The van der Waals surface area contributed by atoms with E-state index in [2.05, 4.69) is 5.32 Å². The summed E-state index contributed by atoms with van der Waals surface area (Å²) in [5, 5.41) is 2.91. The lowest BCUT2D eigenvalue weighted by molar-refractivity contribution is 0.0948. The van der Waals surface area contributed by atoms with Crippen LogP contribution in [-0.4, -0.2) is 18.3 Å². The minimum Gasteiger partial charge on any atom is -0.352 e. The molecule has 1 amide bonds. The van der Waals surface area contributed by atoms with Gasteiger partial charge < -0.3 is 5.32 Å². The normalized spacial score (nSPS) is 12.2. The van der Waals surface area contributed by atoms with Crippen LogP contribution in [0.2, 0.25) is 0 Å². The van der Waals surface area contributed by atoms with Gasteiger partial charge in [-0.05, 0) is 30.9 Å². The fourth-order valence-electron chi connectivity index (χ4n) is 1.58. The summed E-state index contributed by atoms with van der Waals surface area (Å²) in [7, 11) is 0. The third-order valence-electron chi connectivity index (χ3n) is 2.58. The molecule has 0 fully saturated rings. The minimum absolute atomic E-state index is 0.00688. The van der Waals surface area contributed by atoms with Gasteiger partial charge in [0.05, 0.1) is 0 Å². The highest BCUT2D eigenvalue weighted by atomic mass is 35.5. The molecule has 3 heteroatoms. The molecule has 0 aromatic heterocycles. The summed E-state index contributed by atoms with van der Waals surface area (Å²) in [5.74, 6) is 0.857. The predicted octanol–water partition coefficient (Wildman–Crippen LogP) is 2.91. The molecule has 1 N–H and O–H groups in total. The summed E-state index contributed by atoms with van der Waals surface area (Å²) in [4.78, 5) is 12.0. The standard InChI is InChI=1S/C13H18ClNO/c1-9(7-14)8-15-13(16)12-10(2)5-4-6-11(12)3/h4-6,9H,7-8H2,1-3H3,(H,15,16). The number of hydrogen-bond donors (Lipinski definition) is 1. The summed E-state index contributed by atoms with van der Waals surface area (Å²) >= 11 is 5.69. The zero-order valence-corrected chi connectivity index (χ0v) is 10.8. The number of amides is 1. The molecule has 0 heterocycles. The van der Waals surface area contributed by atoms with Crippen LogP contribution in [0.5, 0.6) is 0 Å². The van der Waals surface area contributed by atoms with E-state index in [4.69, 9.17) is 11.6 Å². The van der Waals surface area contributed by atoms with E-state index in [9.17, 15) is 4.79 Å². The van der Waals surface area contributed by atoms with Gasteiger partial charge in [0.2, 0.25) is 0 Å². The molecule has 16 heavy (non-hydrogen) atoms. The monoisotopic (exact) mass is 239 g/mol. The van der Waals surface area contributed by atoms with Gasteiger partial charge >= 0.3 is 0 Å². The molecule has 0 aliphatic carbocycles. The first kappa shape index (κ1) is 13.0. The fourth-order valence-corrected chi connectivity index (χ4v) is 1.69. The topological polar surface area (TPSA) is 29.1 Å². The predicted molar refractivity (Wildman–Crippen MR) is 68.1 cm³/mol. The van der Waals surface area contributed by atoms with E-state index < -0.39 is 0 Å². The molecule has 1 aromatic rings. The van der Waals surface area contributed by atoms with Gasteiger partial charge in [-0.3, -0.25) is 4.79 Å². The SMILES string of the molecule is Cc1cccc(C)c1C(=O)NCC(C)CCl. The van der Waals surface area contributed by atoms with E-state index in [0.717, 1.165) is 16.7 Å². The number of benzene rings is 1. The van der Waals surface area contributed by atoms with Gasteiger partial charge in [0.15, 0.2) is 0 Å². The van der Waals surface area contributed by atoms with E-state index in [1.807, 2.05) is 39.0 Å². The first-order chi connectivity index (χ1) is 7.56. The number of carbonyl (C=O) groups excluding carboxylic acids is 1. The van der Waals surface area contributed by atoms with Crippen LogP contribution in [0.3, 0.4) is 0 Å². The molecule has 0 saturated heterocycles. The first-order valence-electron chi connectivity index (χ1n) is 5.46. The second-order valence-corrected chi connectivity index (χ2v) is 4.54. The van der Waals surface area contributed by atoms with Gasteiger partial charge in [-0.25, -0.2) is 0 Å². The van der Waals surface area contributed by atoms with Crippen molar-refractivity contribution >= 4 is 17.5 Å². The van der Waals surface area contributed by atoms with Gasteiger partial charge in [-0.2, -0.15) is 0 Å². The Kier molecular flexibility index (Phi) is 4.81. The molecular formula is C13H18ClNO. The van der Waals surface area contributed by atoms with Crippen molar-refractivity contribution in [2.45, 2.75) is 20.8 Å². The zero-order valence-electron chi connectivity index (χ0n) is 10.0. The van der Waals surface area contributed by atoms with Crippen molar-refractivity contribution in [2.75, 3.05) is 12.4 Å². The molecule has 1 rings (SSSR count). The number of nitrogens with one attached hydrogen (secondary N) is 1. The van der Waals surface area contributed by atoms with Crippen LogP contribution in [0.4, 0.5) is 0 Å². The molecule has 1 atom stereocenters. The summed E-state index contributed by atoms with van der Waals surface area (Å²) in [6, 6.07) is 5.86. The lowest BCUT2D eigenvalue weighted by atomic mass is 10.0. The van der Waals surface area contributed by atoms with Crippen LogP contribution in [0.25, 0.3) is 0 Å². The maximum Gasteiger partial charge on any atom is 0.251 e. The number of rotatable bonds is 4. The van der Waals surface area contributed by atoms with Crippen molar-refractivity contribution in [3.05, 3.63) is 34.9 Å². The van der Waals surface area contributed by atoms with Crippen LogP contribution in [0, 0.1) is 19.8 Å². The smallest absolute Gasteiger partial charge is 0.251 e. The number of aryl methyl sites for hydroxylation is 2. The molecule has 2 nitrogen and oxygen atoms in total. The second kappa shape index (κ2) is 5.90. The summed E-state index contributed by atoms with van der Waals surface area (Å²) < 4.78 is 0. The molecular weight excluding hydrogens is 222 g/mol. The molecule has 0 saturated carbocycles. The highest BCUT2D eigenvalue weighted by Crippen LogP contribution is 2.13. The molecule has 1 aromatic carbocycles. The van der Waals surface area contributed by atoms with Gasteiger partial charge in [0.1, 0.15) is 0 Å². The van der Waals surface area contributed by atoms with Crippen molar-refractivity contribution in [2.24, 2.45) is 5.92 Å². The first-order valence-corrected chi connectivity index (χ1v) is 6.00. The van der Waals surface area contributed by atoms with Crippen molar-refractivity contribution in [1.82, 2.24) is 5.32 Å². The molecule has 0 spiro atoms. The van der Waals surface area contributed by atoms with Crippen molar-refractivity contribution in [3.8, 4) is 0 Å². The zero-order chi connectivity index (χ0) is 12.1. The lowest BCUT2D eigenvalue weighted by Crippen LogP contribution is -2.29. The van der Waals surface area contributed by atoms with Crippen LogP contribution in [-0.2, 0) is 0 Å². The Balaban J connectivity index is 2.73. The van der Waals surface area contributed by atoms with Crippen LogP contribution < -0.4 is 5.32 Å². The van der Waals surface area contributed by atoms with E-state index in [-0.39, 0.29) is 5.91 Å². The average Bonchev–Trinajstić information content (AvgIpc) is 2.25. The summed E-state index contributed by atoms with van der Waals surface area (Å²) in [5.41, 5.74) is 2.80. The van der Waals surface area contributed by atoms with Crippen LogP contribution in [0.15, 0.2) is 18.2 Å². The Morgan fingerprint density at radius 2 is 1.94 bits per heavy atom. The van der Waals surface area contributed by atoms with Gasteiger partial charge in [0.25, 0.3) is 5.91 Å². The van der Waals surface area contributed by atoms with Crippen LogP contribution >= 0.6 is 11.6 Å². The Bertz CT molecular complexity index is 356. The second-order valence-electron chi connectivity index (χ2n) is 4.24. The molecule has 88 valence electrons. The summed E-state index contributed by atoms with van der Waals surface area (Å²) in [6.07, 6.45) is 0. The van der Waals surface area contributed by atoms with E-state index in [0.29, 0.717) is 18.3 Å². The third-order valence-corrected chi connectivity index (χ3v) is 3.11. The van der Waals surface area contributed by atoms with Crippen molar-refractivity contribution in [3.63, 3.8) is 0 Å². The Labute approximate surface area is 102 Å². The minimum atomic E-state index is -0.00688. The molecule has 0 radical (unpaired) electrons. The van der Waals surface area contributed by atoms with Crippen LogP contribution in [0.1, 0.15) is 28.4 Å². The van der Waals surface area contributed by atoms with E-state index in [1.165, 1.54) is 0 Å². The maximum atomic E-state index is 12.0. The van der Waals surface area contributed by atoms with E-state index >= 15 is 0 Å². The highest BCUT2D eigenvalue weighted by molar-refractivity contribution is 6.18. The van der Waals surface area contributed by atoms with Crippen molar-refractivity contribution < 1.29 is 4.79 Å². The Hall–Kier alpha value is -1.02. The number of alkyl halides is 1. The summed E-state index contributed by atoms with van der Waals surface area (Å²) in [6.45, 7) is 6.54. The van der Waals surface area contributed by atoms with Gasteiger partial charge in [0, 0.05) is 18.0 Å².